The number of aromatic hydroxyl groups is 2. The number of nitrogens with zero attached hydrogens (tertiary/aromatic N) is 1. The standard InChI is InChI=1S/C17H14N2O7/c1-25-16(23)14-5-4-11(26-14)8-19-15(22)12(18-17(19)24)6-9-2-3-10(20)7-13(9)21/h2-7,20-21H,8H2,1H3,(H,18,24). The predicted octanol–water partition coefficient (Wildman–Crippen LogP) is 1.57. The van der Waals surface area contributed by atoms with E-state index in [4.69, 9.17) is 4.42 Å². The quantitative estimate of drug-likeness (QED) is 0.430. The number of hydrogen-bond donors (Lipinski definition) is 3. The van der Waals surface area contributed by atoms with Crippen LogP contribution in [-0.2, 0) is 16.1 Å². The molecule has 3 N–H and O–H groups in total. The van der Waals surface area contributed by atoms with Crippen molar-refractivity contribution < 1.29 is 33.8 Å². The lowest BCUT2D eigenvalue weighted by Gasteiger charge is -2.09. The summed E-state index contributed by atoms with van der Waals surface area (Å²) in [6.45, 7) is -0.180. The summed E-state index contributed by atoms with van der Waals surface area (Å²) >= 11 is 0. The predicted molar refractivity (Wildman–Crippen MR) is 86.9 cm³/mol. The van der Waals surface area contributed by atoms with Crippen LogP contribution in [-0.4, -0.2) is 40.1 Å². The number of carbonyl (C=O) groups is 3. The second kappa shape index (κ2) is 6.63. The number of urea groups is 1. The highest BCUT2D eigenvalue weighted by atomic mass is 16.5. The molecule has 1 aliphatic heterocycles. The van der Waals surface area contributed by atoms with Gasteiger partial charge in [0.25, 0.3) is 5.91 Å². The molecule has 0 saturated carbocycles. The Morgan fingerprint density at radius 2 is 2.04 bits per heavy atom. The highest BCUT2D eigenvalue weighted by Crippen LogP contribution is 2.26. The van der Waals surface area contributed by atoms with Crippen molar-refractivity contribution in [2.24, 2.45) is 0 Å². The first kappa shape index (κ1) is 17.1. The SMILES string of the molecule is COC(=O)c1ccc(CN2C(=O)NC(=Cc3ccc(O)cc3O)C2=O)o1. The molecule has 0 spiro atoms. The molecule has 9 heteroatoms. The minimum atomic E-state index is -0.671. The highest BCUT2D eigenvalue weighted by molar-refractivity contribution is 6.14. The second-order valence-electron chi connectivity index (χ2n) is 5.38. The molecule has 134 valence electrons. The number of hydrogen-bond acceptors (Lipinski definition) is 7. The number of rotatable bonds is 4. The number of phenols is 2. The van der Waals surface area contributed by atoms with E-state index in [2.05, 4.69) is 10.1 Å². The number of furan rings is 1. The lowest BCUT2D eigenvalue weighted by molar-refractivity contribution is -0.123. The Morgan fingerprint density at radius 1 is 1.27 bits per heavy atom. The van der Waals surface area contributed by atoms with E-state index in [9.17, 15) is 24.6 Å². The van der Waals surface area contributed by atoms with Crippen LogP contribution in [0.5, 0.6) is 11.5 Å². The van der Waals surface area contributed by atoms with E-state index in [-0.39, 0.29) is 40.8 Å². The van der Waals surface area contributed by atoms with Crippen LogP contribution >= 0.6 is 0 Å². The Kier molecular flexibility index (Phi) is 4.36. The largest absolute Gasteiger partial charge is 0.508 e. The number of ether oxygens (including phenoxy) is 1. The van der Waals surface area contributed by atoms with Crippen LogP contribution in [0, 0.1) is 0 Å². The van der Waals surface area contributed by atoms with Crippen LogP contribution in [0.4, 0.5) is 4.79 Å². The van der Waals surface area contributed by atoms with E-state index in [1.807, 2.05) is 0 Å². The van der Waals surface area contributed by atoms with Crippen molar-refractivity contribution in [1.82, 2.24) is 10.2 Å². The Hall–Kier alpha value is -3.75. The summed E-state index contributed by atoms with van der Waals surface area (Å²) in [5, 5.41) is 21.5. The van der Waals surface area contributed by atoms with Gasteiger partial charge < -0.3 is 24.7 Å². The zero-order valence-electron chi connectivity index (χ0n) is 13.6. The maximum absolute atomic E-state index is 12.4. The summed E-state index contributed by atoms with van der Waals surface area (Å²) in [6, 6.07) is 6.01. The van der Waals surface area contributed by atoms with Crippen molar-refractivity contribution in [3.05, 3.63) is 53.1 Å². The number of nitrogens with one attached hydrogen (secondary N) is 1. The van der Waals surface area contributed by atoms with Crippen molar-refractivity contribution in [3.63, 3.8) is 0 Å². The summed E-state index contributed by atoms with van der Waals surface area (Å²) in [4.78, 5) is 36.7. The van der Waals surface area contributed by atoms with E-state index in [1.54, 1.807) is 0 Å². The van der Waals surface area contributed by atoms with Crippen LogP contribution in [0.3, 0.4) is 0 Å². The number of phenolic OH excluding ortho intramolecular Hbond substituents is 2. The zero-order chi connectivity index (χ0) is 18.8. The molecule has 0 atom stereocenters. The number of benzene rings is 1. The molecule has 9 nitrogen and oxygen atoms in total. The first-order chi connectivity index (χ1) is 12.4. The lowest BCUT2D eigenvalue weighted by Crippen LogP contribution is -2.30. The average Bonchev–Trinajstić information content (AvgIpc) is 3.17. The third-order valence-corrected chi connectivity index (χ3v) is 3.64. The Labute approximate surface area is 147 Å². The summed E-state index contributed by atoms with van der Waals surface area (Å²) in [7, 11) is 1.21. The maximum Gasteiger partial charge on any atom is 0.373 e. The molecule has 0 bridgehead atoms. The zero-order valence-corrected chi connectivity index (χ0v) is 13.6. The second-order valence-corrected chi connectivity index (χ2v) is 5.38. The van der Waals surface area contributed by atoms with E-state index < -0.39 is 17.9 Å². The molecule has 2 aromatic rings. The van der Waals surface area contributed by atoms with Crippen LogP contribution in [0.25, 0.3) is 6.08 Å². The maximum atomic E-state index is 12.4. The summed E-state index contributed by atoms with van der Waals surface area (Å²) in [6.07, 6.45) is 1.29. The van der Waals surface area contributed by atoms with Gasteiger partial charge in [0.05, 0.1) is 13.7 Å². The molecule has 1 aliphatic rings. The minimum Gasteiger partial charge on any atom is -0.508 e. The smallest absolute Gasteiger partial charge is 0.373 e. The van der Waals surface area contributed by atoms with Crippen LogP contribution in [0.1, 0.15) is 21.9 Å². The fraction of sp³-hybridized carbons (Fsp3) is 0.118. The normalized spacial score (nSPS) is 15.4. The average molecular weight is 358 g/mol. The van der Waals surface area contributed by atoms with Gasteiger partial charge in [-0.3, -0.25) is 9.69 Å². The molecule has 3 rings (SSSR count). The molecule has 1 saturated heterocycles. The number of amides is 3. The van der Waals surface area contributed by atoms with Gasteiger partial charge >= 0.3 is 12.0 Å². The lowest BCUT2D eigenvalue weighted by atomic mass is 10.1. The van der Waals surface area contributed by atoms with Crippen molar-refractivity contribution in [2.45, 2.75) is 6.54 Å². The van der Waals surface area contributed by atoms with Crippen molar-refractivity contribution in [3.8, 4) is 11.5 Å². The first-order valence-electron chi connectivity index (χ1n) is 7.42. The summed E-state index contributed by atoms with van der Waals surface area (Å²) in [5.74, 6) is -1.49. The molecule has 0 radical (unpaired) electrons. The van der Waals surface area contributed by atoms with Gasteiger partial charge in [0, 0.05) is 11.6 Å². The van der Waals surface area contributed by atoms with Gasteiger partial charge in [0.2, 0.25) is 5.76 Å². The van der Waals surface area contributed by atoms with Gasteiger partial charge in [-0.1, -0.05) is 0 Å². The number of carbonyl (C=O) groups excluding carboxylic acids is 3. The van der Waals surface area contributed by atoms with Gasteiger partial charge in [-0.05, 0) is 30.3 Å². The van der Waals surface area contributed by atoms with E-state index >= 15 is 0 Å². The first-order valence-corrected chi connectivity index (χ1v) is 7.42. The summed E-state index contributed by atoms with van der Waals surface area (Å²) < 4.78 is 9.77. The molecular weight excluding hydrogens is 344 g/mol. The molecule has 1 aromatic heterocycles. The molecule has 0 aliphatic carbocycles. The van der Waals surface area contributed by atoms with E-state index in [0.29, 0.717) is 0 Å². The monoisotopic (exact) mass is 358 g/mol. The van der Waals surface area contributed by atoms with Crippen molar-refractivity contribution in [2.75, 3.05) is 7.11 Å². The van der Waals surface area contributed by atoms with E-state index in [0.717, 1.165) is 11.0 Å². The number of esters is 1. The van der Waals surface area contributed by atoms with Crippen LogP contribution < -0.4 is 5.32 Å². The Balaban J connectivity index is 1.79. The third kappa shape index (κ3) is 3.22. The Morgan fingerprint density at radius 3 is 2.73 bits per heavy atom. The van der Waals surface area contributed by atoms with Gasteiger partial charge in [-0.2, -0.15) is 0 Å². The van der Waals surface area contributed by atoms with Crippen molar-refractivity contribution in [1.29, 1.82) is 0 Å². The fourth-order valence-electron chi connectivity index (χ4n) is 2.35. The van der Waals surface area contributed by atoms with Gasteiger partial charge in [0.1, 0.15) is 23.0 Å². The highest BCUT2D eigenvalue weighted by Gasteiger charge is 2.34. The number of methoxy groups -OCH3 is 1. The van der Waals surface area contributed by atoms with Gasteiger partial charge in [-0.25, -0.2) is 9.59 Å². The Bertz CT molecular complexity index is 929. The van der Waals surface area contributed by atoms with Crippen molar-refractivity contribution >= 4 is 24.0 Å². The minimum absolute atomic E-state index is 0.0423. The molecule has 1 fully saturated rings. The topological polar surface area (TPSA) is 129 Å². The van der Waals surface area contributed by atoms with E-state index in [1.165, 1.54) is 37.5 Å². The van der Waals surface area contributed by atoms with Gasteiger partial charge in [0.15, 0.2) is 0 Å². The fourth-order valence-corrected chi connectivity index (χ4v) is 2.35. The molecule has 3 amide bonds. The molecule has 2 heterocycles. The molecule has 0 unspecified atom stereocenters. The van der Waals surface area contributed by atoms with Crippen LogP contribution in [0.2, 0.25) is 0 Å². The summed E-state index contributed by atoms with van der Waals surface area (Å²) in [5.41, 5.74) is 0.204. The molecule has 26 heavy (non-hydrogen) atoms. The van der Waals surface area contributed by atoms with Gasteiger partial charge in [-0.15, -0.1) is 0 Å². The molecule has 1 aromatic carbocycles. The molecular formula is C17H14N2O7. The number of imide groups is 1. The van der Waals surface area contributed by atoms with Crippen LogP contribution in [0.15, 0.2) is 40.4 Å². The third-order valence-electron chi connectivity index (χ3n) is 3.64.